The van der Waals surface area contributed by atoms with Crippen LogP contribution in [0.1, 0.15) is 103 Å². The van der Waals surface area contributed by atoms with Crippen molar-refractivity contribution in [2.24, 2.45) is 0 Å². The molecule has 152 valence electrons. The molecule has 0 aliphatic heterocycles. The van der Waals surface area contributed by atoms with Crippen LogP contribution in [0.5, 0.6) is 0 Å². The van der Waals surface area contributed by atoms with Gasteiger partial charge in [-0.05, 0) is 24.3 Å². The van der Waals surface area contributed by atoms with Gasteiger partial charge in [0.1, 0.15) is 0 Å². The van der Waals surface area contributed by atoms with E-state index in [1.165, 1.54) is 106 Å². The number of hydrogen-bond acceptors (Lipinski definition) is 1. The Morgan fingerprint density at radius 2 is 1.15 bits per heavy atom. The Morgan fingerprint density at radius 3 is 1.74 bits per heavy atom. The second-order valence-corrected chi connectivity index (χ2v) is 7.82. The van der Waals surface area contributed by atoms with Crippen LogP contribution in [0.4, 0.5) is 0 Å². The van der Waals surface area contributed by atoms with E-state index in [0.717, 1.165) is 6.42 Å². The molecule has 2 aromatic rings. The monoisotopic (exact) mass is 389 g/mol. The molecule has 1 heterocycles. The minimum atomic E-state index is 0. The first kappa shape index (κ1) is 24.0. The molecule has 0 radical (unpaired) electrons. The summed E-state index contributed by atoms with van der Waals surface area (Å²) in [5, 5.41) is 2.66. The van der Waals surface area contributed by atoms with Gasteiger partial charge < -0.3 is 0 Å². The smallest absolute Gasteiger partial charge is 0.0481 e. The SMILES string of the molecule is CCCCCCCCCCCCCCCCc1nccc2ccccc12.Cl. The molecule has 1 aromatic heterocycles. The van der Waals surface area contributed by atoms with E-state index >= 15 is 0 Å². The highest BCUT2D eigenvalue weighted by molar-refractivity contribution is 5.85. The third kappa shape index (κ3) is 10.1. The summed E-state index contributed by atoms with van der Waals surface area (Å²) in [6.07, 6.45) is 22.9. The van der Waals surface area contributed by atoms with Gasteiger partial charge in [-0.2, -0.15) is 0 Å². The largest absolute Gasteiger partial charge is 0.261 e. The summed E-state index contributed by atoms with van der Waals surface area (Å²) in [7, 11) is 0. The predicted molar refractivity (Wildman–Crippen MR) is 123 cm³/mol. The molecule has 0 bridgehead atoms. The van der Waals surface area contributed by atoms with E-state index in [2.05, 4.69) is 42.2 Å². The van der Waals surface area contributed by atoms with E-state index in [9.17, 15) is 0 Å². The molecule has 27 heavy (non-hydrogen) atoms. The average Bonchev–Trinajstić information content (AvgIpc) is 2.68. The van der Waals surface area contributed by atoms with Crippen molar-refractivity contribution in [2.45, 2.75) is 103 Å². The number of aromatic nitrogens is 1. The molecular weight excluding hydrogens is 350 g/mol. The van der Waals surface area contributed by atoms with E-state index in [1.54, 1.807) is 0 Å². The molecule has 0 saturated heterocycles. The average molecular weight is 390 g/mol. The number of unbranched alkanes of at least 4 members (excludes halogenated alkanes) is 13. The molecule has 2 rings (SSSR count). The highest BCUT2D eigenvalue weighted by Crippen LogP contribution is 2.19. The van der Waals surface area contributed by atoms with Crippen molar-refractivity contribution in [3.63, 3.8) is 0 Å². The number of halogens is 1. The third-order valence-electron chi connectivity index (χ3n) is 5.52. The lowest BCUT2D eigenvalue weighted by atomic mass is 10.0. The highest BCUT2D eigenvalue weighted by Gasteiger charge is 2.01. The van der Waals surface area contributed by atoms with Crippen LogP contribution in [0, 0.1) is 0 Å². The Labute approximate surface area is 173 Å². The van der Waals surface area contributed by atoms with Gasteiger partial charge in [-0.25, -0.2) is 0 Å². The molecule has 0 aliphatic rings. The number of fused-ring (bicyclic) bond motifs is 1. The molecule has 2 heteroatoms. The zero-order chi connectivity index (χ0) is 18.3. The number of nitrogens with zero attached hydrogens (tertiary/aromatic N) is 1. The molecule has 0 unspecified atom stereocenters. The van der Waals surface area contributed by atoms with Crippen LogP contribution in [-0.4, -0.2) is 4.98 Å². The first-order valence-electron chi connectivity index (χ1n) is 11.2. The second-order valence-electron chi connectivity index (χ2n) is 7.82. The summed E-state index contributed by atoms with van der Waals surface area (Å²) in [6, 6.07) is 10.7. The first-order valence-corrected chi connectivity index (χ1v) is 11.2. The van der Waals surface area contributed by atoms with E-state index in [-0.39, 0.29) is 12.4 Å². The van der Waals surface area contributed by atoms with Crippen molar-refractivity contribution in [1.29, 1.82) is 0 Å². The lowest BCUT2D eigenvalue weighted by molar-refractivity contribution is 0.535. The molecule has 1 aromatic carbocycles. The van der Waals surface area contributed by atoms with Crippen molar-refractivity contribution in [2.75, 3.05) is 0 Å². The number of benzene rings is 1. The van der Waals surface area contributed by atoms with Gasteiger partial charge >= 0.3 is 0 Å². The van der Waals surface area contributed by atoms with Gasteiger partial charge in [-0.3, -0.25) is 4.98 Å². The van der Waals surface area contributed by atoms with E-state index in [4.69, 9.17) is 0 Å². The van der Waals surface area contributed by atoms with Gasteiger partial charge in [0.2, 0.25) is 0 Å². The van der Waals surface area contributed by atoms with E-state index in [0.29, 0.717) is 0 Å². The van der Waals surface area contributed by atoms with Crippen LogP contribution in [-0.2, 0) is 6.42 Å². The summed E-state index contributed by atoms with van der Waals surface area (Å²) in [6.45, 7) is 2.29. The molecule has 0 atom stereocenters. The molecule has 0 spiro atoms. The lowest BCUT2D eigenvalue weighted by Crippen LogP contribution is -1.92. The van der Waals surface area contributed by atoms with Gasteiger partial charge in [0.05, 0.1) is 0 Å². The zero-order valence-corrected chi connectivity index (χ0v) is 18.2. The van der Waals surface area contributed by atoms with Crippen LogP contribution in [0.15, 0.2) is 36.5 Å². The minimum absolute atomic E-state index is 0. The Balaban J connectivity index is 0.00000364. The maximum Gasteiger partial charge on any atom is 0.0481 e. The van der Waals surface area contributed by atoms with Crippen molar-refractivity contribution < 1.29 is 0 Å². The van der Waals surface area contributed by atoms with Crippen molar-refractivity contribution in [3.8, 4) is 0 Å². The van der Waals surface area contributed by atoms with Gasteiger partial charge in [0.25, 0.3) is 0 Å². The summed E-state index contributed by atoms with van der Waals surface area (Å²) >= 11 is 0. The maximum atomic E-state index is 4.61. The summed E-state index contributed by atoms with van der Waals surface area (Å²) < 4.78 is 0. The van der Waals surface area contributed by atoms with Crippen molar-refractivity contribution in [1.82, 2.24) is 4.98 Å². The van der Waals surface area contributed by atoms with Gasteiger partial charge in [-0.1, -0.05) is 115 Å². The lowest BCUT2D eigenvalue weighted by Gasteiger charge is -2.06. The minimum Gasteiger partial charge on any atom is -0.261 e. The fourth-order valence-corrected chi connectivity index (χ4v) is 3.87. The first-order chi connectivity index (χ1) is 12.9. The van der Waals surface area contributed by atoms with Crippen LogP contribution in [0.2, 0.25) is 0 Å². The predicted octanol–water partition coefficient (Wildman–Crippen LogP) is 8.68. The fourth-order valence-electron chi connectivity index (χ4n) is 3.87. The summed E-state index contributed by atoms with van der Waals surface area (Å²) in [5.74, 6) is 0. The van der Waals surface area contributed by atoms with Gasteiger partial charge in [0.15, 0.2) is 0 Å². The van der Waals surface area contributed by atoms with Gasteiger partial charge in [0, 0.05) is 17.3 Å². The van der Waals surface area contributed by atoms with Crippen LogP contribution < -0.4 is 0 Å². The van der Waals surface area contributed by atoms with Crippen LogP contribution in [0.25, 0.3) is 10.8 Å². The zero-order valence-electron chi connectivity index (χ0n) is 17.4. The van der Waals surface area contributed by atoms with Crippen molar-refractivity contribution >= 4 is 23.2 Å². The Bertz CT molecular complexity index is 590. The quantitative estimate of drug-likeness (QED) is 0.277. The Kier molecular flexibility index (Phi) is 14.1. The standard InChI is InChI=1S/C25H39N.ClH/c1-2-3-4-5-6-7-8-9-10-11-12-13-14-15-20-25-24-19-17-16-18-23(24)21-22-26-25;/h16-19,21-22H,2-15,20H2,1H3;1H. The number of pyridine rings is 1. The number of hydrogen-bond donors (Lipinski definition) is 0. The molecule has 0 N–H and O–H groups in total. The van der Waals surface area contributed by atoms with Crippen LogP contribution >= 0.6 is 12.4 Å². The van der Waals surface area contributed by atoms with Crippen LogP contribution in [0.3, 0.4) is 0 Å². The number of rotatable bonds is 15. The molecular formula is C25H40ClN. The Hall–Kier alpha value is -1.08. The maximum absolute atomic E-state index is 4.61. The second kappa shape index (κ2) is 15.9. The number of aryl methyl sites for hydroxylation is 1. The van der Waals surface area contributed by atoms with Crippen molar-refractivity contribution in [3.05, 3.63) is 42.2 Å². The molecule has 1 nitrogen and oxygen atoms in total. The summed E-state index contributed by atoms with van der Waals surface area (Å²) in [5.41, 5.74) is 1.28. The van der Waals surface area contributed by atoms with E-state index in [1.807, 2.05) is 6.20 Å². The molecule has 0 fully saturated rings. The van der Waals surface area contributed by atoms with E-state index < -0.39 is 0 Å². The fraction of sp³-hybridized carbons (Fsp3) is 0.640. The topological polar surface area (TPSA) is 12.9 Å². The third-order valence-corrected chi connectivity index (χ3v) is 5.52. The molecule has 0 amide bonds. The van der Waals surface area contributed by atoms with Gasteiger partial charge in [-0.15, -0.1) is 12.4 Å². The highest BCUT2D eigenvalue weighted by atomic mass is 35.5. The molecule has 0 aliphatic carbocycles. The Morgan fingerprint density at radius 1 is 0.630 bits per heavy atom. The summed E-state index contributed by atoms with van der Waals surface area (Å²) in [4.78, 5) is 4.61. The normalized spacial score (nSPS) is 10.9. The molecule has 0 saturated carbocycles.